The molecule has 18 heavy (non-hydrogen) atoms. The Bertz CT molecular complexity index is 272. The minimum atomic E-state index is 0.310. The second-order valence-corrected chi connectivity index (χ2v) is 8.64. The molecule has 0 atom stereocenters. The SMILES string of the molecule is CCCC(C)(C)CC(C)(C)CC(C)(C)C=C(C)C. The highest BCUT2D eigenvalue weighted by molar-refractivity contribution is 5.03. The molecule has 0 aliphatic rings. The molecule has 0 nitrogen and oxygen atoms in total. The first-order valence-corrected chi connectivity index (χ1v) is 7.55. The van der Waals surface area contributed by atoms with Gasteiger partial charge >= 0.3 is 0 Å². The molecule has 0 aromatic heterocycles. The Kier molecular flexibility index (Phi) is 6.17. The van der Waals surface area contributed by atoms with Gasteiger partial charge in [0.05, 0.1) is 0 Å². The molecule has 0 fully saturated rings. The molecule has 0 aliphatic carbocycles. The van der Waals surface area contributed by atoms with Crippen LogP contribution in [0.5, 0.6) is 0 Å². The zero-order chi connectivity index (χ0) is 14.6. The zero-order valence-corrected chi connectivity index (χ0v) is 14.4. The Morgan fingerprint density at radius 2 is 1.33 bits per heavy atom. The molecule has 0 amide bonds. The monoisotopic (exact) mass is 252 g/mol. The highest BCUT2D eigenvalue weighted by Gasteiger charge is 2.32. The molecule has 0 spiro atoms. The van der Waals surface area contributed by atoms with E-state index in [0.29, 0.717) is 16.2 Å². The van der Waals surface area contributed by atoms with Crippen LogP contribution in [0.3, 0.4) is 0 Å². The Morgan fingerprint density at radius 1 is 0.833 bits per heavy atom. The van der Waals surface area contributed by atoms with Crippen molar-refractivity contribution in [2.75, 3.05) is 0 Å². The summed E-state index contributed by atoms with van der Waals surface area (Å²) in [5.41, 5.74) is 2.63. The fourth-order valence-electron chi connectivity index (χ4n) is 4.19. The summed E-state index contributed by atoms with van der Waals surface area (Å²) >= 11 is 0. The van der Waals surface area contributed by atoms with Crippen LogP contribution in [0, 0.1) is 16.2 Å². The lowest BCUT2D eigenvalue weighted by atomic mass is 9.66. The van der Waals surface area contributed by atoms with Crippen molar-refractivity contribution in [1.82, 2.24) is 0 Å². The number of allylic oxidation sites excluding steroid dienone is 2. The van der Waals surface area contributed by atoms with Gasteiger partial charge in [-0.3, -0.25) is 0 Å². The number of hydrogen-bond donors (Lipinski definition) is 0. The Labute approximate surface area is 116 Å². The predicted octanol–water partition coefficient (Wildman–Crippen LogP) is 6.61. The first kappa shape index (κ1) is 17.7. The van der Waals surface area contributed by atoms with E-state index in [9.17, 15) is 0 Å². The van der Waals surface area contributed by atoms with Crippen molar-refractivity contribution in [2.24, 2.45) is 16.2 Å². The van der Waals surface area contributed by atoms with Crippen LogP contribution in [0.2, 0.25) is 0 Å². The average molecular weight is 252 g/mol. The van der Waals surface area contributed by atoms with Crippen LogP contribution < -0.4 is 0 Å². The van der Waals surface area contributed by atoms with Gasteiger partial charge < -0.3 is 0 Å². The topological polar surface area (TPSA) is 0 Å². The third-order valence-electron chi connectivity index (χ3n) is 3.50. The van der Waals surface area contributed by atoms with Crippen molar-refractivity contribution in [2.45, 2.75) is 88.0 Å². The van der Waals surface area contributed by atoms with Gasteiger partial charge in [-0.05, 0) is 49.4 Å². The van der Waals surface area contributed by atoms with Crippen LogP contribution in [-0.4, -0.2) is 0 Å². The van der Waals surface area contributed by atoms with Crippen molar-refractivity contribution in [1.29, 1.82) is 0 Å². The van der Waals surface area contributed by atoms with Crippen molar-refractivity contribution < 1.29 is 0 Å². The summed E-state index contributed by atoms with van der Waals surface area (Å²) in [6.45, 7) is 21.2. The third-order valence-corrected chi connectivity index (χ3v) is 3.50. The van der Waals surface area contributed by atoms with Gasteiger partial charge in [0, 0.05) is 0 Å². The molecule has 0 heteroatoms. The summed E-state index contributed by atoms with van der Waals surface area (Å²) in [5, 5.41) is 0. The second kappa shape index (κ2) is 6.26. The summed E-state index contributed by atoms with van der Waals surface area (Å²) in [5.74, 6) is 0. The molecule has 0 aromatic rings. The van der Waals surface area contributed by atoms with Gasteiger partial charge in [-0.1, -0.05) is 66.5 Å². The number of hydrogen-bond acceptors (Lipinski definition) is 0. The fraction of sp³-hybridized carbons (Fsp3) is 0.889. The van der Waals surface area contributed by atoms with Crippen LogP contribution in [0.25, 0.3) is 0 Å². The first-order valence-electron chi connectivity index (χ1n) is 7.55. The van der Waals surface area contributed by atoms with Crippen LogP contribution in [0.15, 0.2) is 11.6 Å². The van der Waals surface area contributed by atoms with E-state index < -0.39 is 0 Å². The van der Waals surface area contributed by atoms with E-state index in [1.54, 1.807) is 0 Å². The molecule has 0 aliphatic heterocycles. The van der Waals surface area contributed by atoms with Crippen molar-refractivity contribution in [3.8, 4) is 0 Å². The summed E-state index contributed by atoms with van der Waals surface area (Å²) < 4.78 is 0. The Morgan fingerprint density at radius 3 is 1.72 bits per heavy atom. The fourth-order valence-corrected chi connectivity index (χ4v) is 4.19. The summed E-state index contributed by atoms with van der Waals surface area (Å²) in [6.07, 6.45) is 7.63. The molecular formula is C18H36. The second-order valence-electron chi connectivity index (χ2n) is 8.64. The molecule has 0 saturated carbocycles. The average Bonchev–Trinajstić information content (AvgIpc) is 1.93. The van der Waals surface area contributed by atoms with E-state index in [4.69, 9.17) is 0 Å². The van der Waals surface area contributed by atoms with Gasteiger partial charge in [0.15, 0.2) is 0 Å². The molecule has 0 N–H and O–H groups in total. The highest BCUT2D eigenvalue weighted by Crippen LogP contribution is 2.44. The Balaban J connectivity index is 4.70. The maximum absolute atomic E-state index is 2.44. The minimum absolute atomic E-state index is 0.310. The van der Waals surface area contributed by atoms with Crippen LogP contribution in [0.4, 0.5) is 0 Å². The van der Waals surface area contributed by atoms with Crippen LogP contribution >= 0.6 is 0 Å². The summed E-state index contributed by atoms with van der Waals surface area (Å²) in [7, 11) is 0. The quantitative estimate of drug-likeness (QED) is 0.447. The smallest absolute Gasteiger partial charge is 0.0167 e. The van der Waals surface area contributed by atoms with Gasteiger partial charge in [-0.2, -0.15) is 0 Å². The zero-order valence-electron chi connectivity index (χ0n) is 14.4. The van der Waals surface area contributed by atoms with Crippen molar-refractivity contribution >= 4 is 0 Å². The lowest BCUT2D eigenvalue weighted by Crippen LogP contribution is -2.28. The molecule has 0 aromatic carbocycles. The molecule has 0 rings (SSSR count). The van der Waals surface area contributed by atoms with Crippen molar-refractivity contribution in [3.63, 3.8) is 0 Å². The van der Waals surface area contributed by atoms with Gasteiger partial charge in [0.2, 0.25) is 0 Å². The first-order chi connectivity index (χ1) is 7.89. The van der Waals surface area contributed by atoms with Gasteiger partial charge in [-0.15, -0.1) is 0 Å². The van der Waals surface area contributed by atoms with E-state index >= 15 is 0 Å². The molecule has 0 radical (unpaired) electrons. The lowest BCUT2D eigenvalue weighted by Gasteiger charge is -2.39. The van der Waals surface area contributed by atoms with Crippen LogP contribution in [0.1, 0.15) is 88.0 Å². The molecule has 0 unspecified atom stereocenters. The van der Waals surface area contributed by atoms with E-state index in [2.05, 4.69) is 68.4 Å². The van der Waals surface area contributed by atoms with E-state index in [0.717, 1.165) is 0 Å². The lowest BCUT2D eigenvalue weighted by molar-refractivity contribution is 0.136. The maximum Gasteiger partial charge on any atom is -0.0167 e. The van der Waals surface area contributed by atoms with Crippen LogP contribution in [-0.2, 0) is 0 Å². The maximum atomic E-state index is 2.44. The van der Waals surface area contributed by atoms with Gasteiger partial charge in [-0.25, -0.2) is 0 Å². The summed E-state index contributed by atoms with van der Waals surface area (Å²) in [6, 6.07) is 0. The third kappa shape index (κ3) is 7.95. The Hall–Kier alpha value is -0.260. The van der Waals surface area contributed by atoms with E-state index in [1.165, 1.54) is 31.3 Å². The highest BCUT2D eigenvalue weighted by atomic mass is 14.4. The summed E-state index contributed by atoms with van der Waals surface area (Å²) in [4.78, 5) is 0. The van der Waals surface area contributed by atoms with Gasteiger partial charge in [0.1, 0.15) is 0 Å². The van der Waals surface area contributed by atoms with Crippen molar-refractivity contribution in [3.05, 3.63) is 11.6 Å². The number of rotatable bonds is 7. The molecule has 0 saturated heterocycles. The molecular weight excluding hydrogens is 216 g/mol. The van der Waals surface area contributed by atoms with Gasteiger partial charge in [0.25, 0.3) is 0 Å². The predicted molar refractivity (Wildman–Crippen MR) is 84.9 cm³/mol. The van der Waals surface area contributed by atoms with E-state index in [1.807, 2.05) is 0 Å². The molecule has 0 heterocycles. The molecule has 0 bridgehead atoms. The standard InChI is InChI=1S/C18H36/c1-10-11-16(4,5)13-18(8,9)14-17(6,7)12-15(2)3/h12H,10-11,13-14H2,1-9H3. The minimum Gasteiger partial charge on any atom is -0.0802 e. The molecule has 108 valence electrons. The normalized spacial score (nSPS) is 13.6. The van der Waals surface area contributed by atoms with E-state index in [-0.39, 0.29) is 0 Å². The largest absolute Gasteiger partial charge is 0.0802 e.